The molecule has 15 heavy (non-hydrogen) atoms. The van der Waals surface area contributed by atoms with Gasteiger partial charge in [-0.15, -0.1) is 0 Å². The largest absolute Gasteiger partial charge is 0.495 e. The van der Waals surface area contributed by atoms with E-state index in [0.717, 1.165) is 24.6 Å². The van der Waals surface area contributed by atoms with E-state index < -0.39 is 0 Å². The predicted molar refractivity (Wildman–Crippen MR) is 60.1 cm³/mol. The summed E-state index contributed by atoms with van der Waals surface area (Å²) in [6.07, 6.45) is 5.49. The van der Waals surface area contributed by atoms with Gasteiger partial charge in [-0.2, -0.15) is 0 Å². The van der Waals surface area contributed by atoms with Gasteiger partial charge in [0.2, 0.25) is 0 Å². The van der Waals surface area contributed by atoms with Crippen molar-refractivity contribution in [2.24, 2.45) is 5.92 Å². The highest BCUT2D eigenvalue weighted by molar-refractivity contribution is 5.19. The smallest absolute Gasteiger partial charge is 0.137 e. The molecule has 0 radical (unpaired) electrons. The fourth-order valence-electron chi connectivity index (χ4n) is 2.05. The number of ether oxygens (including phenoxy) is 1. The summed E-state index contributed by atoms with van der Waals surface area (Å²) in [5.41, 5.74) is 1.17. The number of rotatable bonds is 3. The van der Waals surface area contributed by atoms with Gasteiger partial charge in [0.15, 0.2) is 0 Å². The van der Waals surface area contributed by atoms with Gasteiger partial charge in [-0.1, -0.05) is 0 Å². The molecule has 1 aromatic heterocycles. The topological polar surface area (TPSA) is 34.1 Å². The van der Waals surface area contributed by atoms with E-state index in [9.17, 15) is 0 Å². The van der Waals surface area contributed by atoms with Crippen LogP contribution < -0.4 is 10.1 Å². The van der Waals surface area contributed by atoms with Crippen LogP contribution in [0.2, 0.25) is 0 Å². The first-order valence-electron chi connectivity index (χ1n) is 5.58. The Labute approximate surface area is 90.9 Å². The molecular weight excluding hydrogens is 188 g/mol. The molecule has 1 fully saturated rings. The summed E-state index contributed by atoms with van der Waals surface area (Å²) in [4.78, 5) is 4.39. The number of hydrogen-bond donors (Lipinski definition) is 1. The Kier molecular flexibility index (Phi) is 3.56. The number of methoxy groups -OCH3 is 1. The molecule has 82 valence electrons. The molecule has 0 saturated carbocycles. The first-order valence-corrected chi connectivity index (χ1v) is 5.58. The quantitative estimate of drug-likeness (QED) is 0.816. The minimum atomic E-state index is 0.750. The van der Waals surface area contributed by atoms with Crippen LogP contribution in [0.5, 0.6) is 5.75 Å². The summed E-state index contributed by atoms with van der Waals surface area (Å²) in [5, 5.41) is 3.43. The summed E-state index contributed by atoms with van der Waals surface area (Å²) in [5.74, 6) is 1.58. The zero-order valence-corrected chi connectivity index (χ0v) is 9.20. The zero-order chi connectivity index (χ0) is 10.5. The molecule has 2 heterocycles. The lowest BCUT2D eigenvalue weighted by atomic mass is 9.94. The van der Waals surface area contributed by atoms with Crippen molar-refractivity contribution in [1.29, 1.82) is 0 Å². The number of aromatic nitrogens is 1. The van der Waals surface area contributed by atoms with Crippen LogP contribution in [0.4, 0.5) is 0 Å². The molecule has 1 aliphatic heterocycles. The van der Waals surface area contributed by atoms with E-state index in [4.69, 9.17) is 4.74 Å². The Bertz CT molecular complexity index is 291. The van der Waals surface area contributed by atoms with Crippen LogP contribution in [0.1, 0.15) is 18.5 Å². The highest BCUT2D eigenvalue weighted by Gasteiger charge is 2.13. The van der Waals surface area contributed by atoms with Gasteiger partial charge in [-0.3, -0.25) is 4.98 Å². The average Bonchev–Trinajstić information content (AvgIpc) is 2.31. The van der Waals surface area contributed by atoms with Crippen molar-refractivity contribution >= 4 is 0 Å². The molecular formula is C12H18N2O. The maximum absolute atomic E-state index is 5.08. The summed E-state index contributed by atoms with van der Waals surface area (Å²) in [6, 6.07) is 4.05. The second-order valence-corrected chi connectivity index (χ2v) is 4.11. The lowest BCUT2D eigenvalue weighted by molar-refractivity contribution is 0.372. The van der Waals surface area contributed by atoms with Crippen molar-refractivity contribution in [3.8, 4) is 5.75 Å². The zero-order valence-electron chi connectivity index (χ0n) is 9.20. The molecule has 1 aromatic rings. The first-order chi connectivity index (χ1) is 7.38. The summed E-state index contributed by atoms with van der Waals surface area (Å²) < 4.78 is 5.08. The summed E-state index contributed by atoms with van der Waals surface area (Å²) >= 11 is 0. The van der Waals surface area contributed by atoms with E-state index in [1.807, 2.05) is 6.07 Å². The van der Waals surface area contributed by atoms with Crippen LogP contribution in [0.15, 0.2) is 18.3 Å². The number of nitrogens with one attached hydrogen (secondary N) is 1. The van der Waals surface area contributed by atoms with Gasteiger partial charge in [-0.05, 0) is 50.4 Å². The van der Waals surface area contributed by atoms with Crippen molar-refractivity contribution in [3.63, 3.8) is 0 Å². The number of pyridine rings is 1. The van der Waals surface area contributed by atoms with E-state index in [1.165, 1.54) is 25.1 Å². The Balaban J connectivity index is 1.91. The monoisotopic (exact) mass is 206 g/mol. The van der Waals surface area contributed by atoms with E-state index in [1.54, 1.807) is 13.3 Å². The molecule has 1 saturated heterocycles. The van der Waals surface area contributed by atoms with Crippen LogP contribution in [0.25, 0.3) is 0 Å². The fraction of sp³-hybridized carbons (Fsp3) is 0.583. The number of nitrogens with zero attached hydrogens (tertiary/aromatic N) is 1. The highest BCUT2D eigenvalue weighted by atomic mass is 16.5. The molecule has 1 unspecified atom stereocenters. The predicted octanol–water partition coefficient (Wildman–Crippen LogP) is 1.63. The Morgan fingerprint density at radius 1 is 1.53 bits per heavy atom. The minimum absolute atomic E-state index is 0.750. The van der Waals surface area contributed by atoms with Gasteiger partial charge in [0.1, 0.15) is 5.75 Å². The third kappa shape index (κ3) is 2.93. The van der Waals surface area contributed by atoms with Gasteiger partial charge in [0, 0.05) is 5.69 Å². The van der Waals surface area contributed by atoms with Gasteiger partial charge < -0.3 is 10.1 Å². The third-order valence-electron chi connectivity index (χ3n) is 2.93. The van der Waals surface area contributed by atoms with Crippen LogP contribution in [-0.4, -0.2) is 25.2 Å². The van der Waals surface area contributed by atoms with Gasteiger partial charge in [-0.25, -0.2) is 0 Å². The first kappa shape index (κ1) is 10.4. The van der Waals surface area contributed by atoms with Gasteiger partial charge in [0.05, 0.1) is 13.3 Å². The average molecular weight is 206 g/mol. The number of hydrogen-bond acceptors (Lipinski definition) is 3. The maximum atomic E-state index is 5.08. The van der Waals surface area contributed by atoms with Crippen molar-refractivity contribution in [2.45, 2.75) is 19.3 Å². The van der Waals surface area contributed by atoms with Crippen molar-refractivity contribution in [2.75, 3.05) is 20.2 Å². The second-order valence-electron chi connectivity index (χ2n) is 4.11. The second kappa shape index (κ2) is 5.12. The SMILES string of the molecule is COc1ccc(CC2CCCNC2)nc1. The lowest BCUT2D eigenvalue weighted by Gasteiger charge is -2.22. The Morgan fingerprint density at radius 3 is 3.07 bits per heavy atom. The highest BCUT2D eigenvalue weighted by Crippen LogP contribution is 2.16. The normalized spacial score (nSPS) is 21.3. The molecule has 1 N–H and O–H groups in total. The third-order valence-corrected chi connectivity index (χ3v) is 2.93. The molecule has 3 nitrogen and oxygen atoms in total. The van der Waals surface area contributed by atoms with E-state index in [0.29, 0.717) is 0 Å². The number of piperidine rings is 1. The summed E-state index contributed by atoms with van der Waals surface area (Å²) in [7, 11) is 1.67. The van der Waals surface area contributed by atoms with E-state index in [-0.39, 0.29) is 0 Å². The standard InChI is InChI=1S/C12H18N2O/c1-15-12-5-4-11(14-9-12)7-10-3-2-6-13-8-10/h4-5,9-10,13H,2-3,6-8H2,1H3. The Hall–Kier alpha value is -1.09. The summed E-state index contributed by atoms with van der Waals surface area (Å²) in [6.45, 7) is 2.31. The van der Waals surface area contributed by atoms with Crippen LogP contribution >= 0.6 is 0 Å². The molecule has 1 aliphatic rings. The van der Waals surface area contributed by atoms with E-state index in [2.05, 4.69) is 16.4 Å². The maximum Gasteiger partial charge on any atom is 0.137 e. The van der Waals surface area contributed by atoms with Crippen LogP contribution in [-0.2, 0) is 6.42 Å². The van der Waals surface area contributed by atoms with Crippen molar-refractivity contribution in [1.82, 2.24) is 10.3 Å². The van der Waals surface area contributed by atoms with Crippen molar-refractivity contribution in [3.05, 3.63) is 24.0 Å². The lowest BCUT2D eigenvalue weighted by Crippen LogP contribution is -2.30. The molecule has 0 aliphatic carbocycles. The van der Waals surface area contributed by atoms with Crippen LogP contribution in [0, 0.1) is 5.92 Å². The Morgan fingerprint density at radius 2 is 2.47 bits per heavy atom. The van der Waals surface area contributed by atoms with Gasteiger partial charge >= 0.3 is 0 Å². The minimum Gasteiger partial charge on any atom is -0.495 e. The molecule has 2 rings (SSSR count). The molecule has 0 bridgehead atoms. The van der Waals surface area contributed by atoms with Crippen molar-refractivity contribution < 1.29 is 4.74 Å². The van der Waals surface area contributed by atoms with Crippen LogP contribution in [0.3, 0.4) is 0 Å². The molecule has 0 aromatic carbocycles. The molecule has 3 heteroatoms. The van der Waals surface area contributed by atoms with Gasteiger partial charge in [0.25, 0.3) is 0 Å². The molecule has 0 spiro atoms. The molecule has 0 amide bonds. The van der Waals surface area contributed by atoms with E-state index >= 15 is 0 Å². The fourth-order valence-corrected chi connectivity index (χ4v) is 2.05. The molecule has 1 atom stereocenters.